The van der Waals surface area contributed by atoms with Gasteiger partial charge in [-0.1, -0.05) is 12.1 Å². The molecule has 0 saturated carbocycles. The number of aromatic carboxylic acids is 1. The topological polar surface area (TPSA) is 76.7 Å². The number of carboxylic acid groups (broad SMARTS) is 1. The van der Waals surface area contributed by atoms with Gasteiger partial charge >= 0.3 is 5.97 Å². The van der Waals surface area contributed by atoms with Gasteiger partial charge in [0.15, 0.2) is 11.5 Å². The average Bonchev–Trinajstić information content (AvgIpc) is 2.88. The molecule has 0 fully saturated rings. The van der Waals surface area contributed by atoms with Crippen LogP contribution in [0.1, 0.15) is 21.7 Å². The zero-order valence-electron chi connectivity index (χ0n) is 11.4. The summed E-state index contributed by atoms with van der Waals surface area (Å²) in [7, 11) is 0. The molecule has 0 unspecified atom stereocenters. The van der Waals surface area contributed by atoms with E-state index in [0.29, 0.717) is 11.5 Å². The molecule has 0 aliphatic rings. The minimum absolute atomic E-state index is 0.117. The Kier molecular flexibility index (Phi) is 3.27. The van der Waals surface area contributed by atoms with Gasteiger partial charge in [0, 0.05) is 6.20 Å². The Morgan fingerprint density at radius 1 is 1.29 bits per heavy atom. The second-order valence-corrected chi connectivity index (χ2v) is 4.64. The third-order valence-corrected chi connectivity index (χ3v) is 3.09. The first kappa shape index (κ1) is 13.1. The van der Waals surface area contributed by atoms with Crippen molar-refractivity contribution in [2.75, 3.05) is 0 Å². The molecule has 1 aromatic carbocycles. The third-order valence-electron chi connectivity index (χ3n) is 3.09. The van der Waals surface area contributed by atoms with Crippen LogP contribution in [-0.4, -0.2) is 25.7 Å². The van der Waals surface area contributed by atoms with E-state index in [1.807, 2.05) is 31.2 Å². The van der Waals surface area contributed by atoms with Crippen LogP contribution in [0, 0.1) is 6.92 Å². The number of nitrogens with zero attached hydrogens (tertiary/aromatic N) is 3. The van der Waals surface area contributed by atoms with Crippen LogP contribution < -0.4 is 4.74 Å². The Bertz CT molecular complexity index is 811. The van der Waals surface area contributed by atoms with Gasteiger partial charge in [-0.2, -0.15) is 0 Å². The monoisotopic (exact) mass is 283 g/mol. The Morgan fingerprint density at radius 3 is 2.90 bits per heavy atom. The summed E-state index contributed by atoms with van der Waals surface area (Å²) in [5.41, 5.74) is 1.53. The van der Waals surface area contributed by atoms with E-state index in [1.54, 1.807) is 16.7 Å². The molecule has 0 atom stereocenters. The van der Waals surface area contributed by atoms with Crippen molar-refractivity contribution in [3.8, 4) is 5.75 Å². The number of carboxylic acids is 1. The smallest absolute Gasteiger partial charge is 0.339 e. The van der Waals surface area contributed by atoms with Crippen molar-refractivity contribution < 1.29 is 14.6 Å². The van der Waals surface area contributed by atoms with Crippen molar-refractivity contribution in [2.45, 2.75) is 13.5 Å². The van der Waals surface area contributed by atoms with Gasteiger partial charge in [0.05, 0.1) is 0 Å². The van der Waals surface area contributed by atoms with Crippen LogP contribution in [0.15, 0.2) is 42.6 Å². The molecule has 6 nitrogen and oxygen atoms in total. The Labute approximate surface area is 120 Å². The molecular formula is C15H13N3O3. The van der Waals surface area contributed by atoms with Gasteiger partial charge in [0.25, 0.3) is 0 Å². The summed E-state index contributed by atoms with van der Waals surface area (Å²) in [6, 6.07) is 10.8. The van der Waals surface area contributed by atoms with Gasteiger partial charge in [0.2, 0.25) is 0 Å². The van der Waals surface area contributed by atoms with E-state index in [-0.39, 0.29) is 12.2 Å². The first-order valence-corrected chi connectivity index (χ1v) is 6.40. The molecule has 6 heteroatoms. The number of aromatic nitrogens is 3. The fourth-order valence-electron chi connectivity index (χ4n) is 2.08. The number of ether oxygens (including phenoxy) is 1. The number of aryl methyl sites for hydroxylation is 1. The second kappa shape index (κ2) is 5.24. The van der Waals surface area contributed by atoms with E-state index in [0.717, 1.165) is 11.3 Å². The number of fused-ring (bicyclic) bond motifs is 1. The van der Waals surface area contributed by atoms with Crippen LogP contribution in [0.3, 0.4) is 0 Å². The fourth-order valence-corrected chi connectivity index (χ4v) is 2.08. The Hall–Kier alpha value is -2.89. The number of benzene rings is 1. The molecule has 3 aromatic rings. The maximum atomic E-state index is 11.1. The van der Waals surface area contributed by atoms with E-state index in [1.165, 1.54) is 6.07 Å². The summed E-state index contributed by atoms with van der Waals surface area (Å²) >= 11 is 0. The highest BCUT2D eigenvalue weighted by Gasteiger charge is 2.14. The number of hydrogen-bond donors (Lipinski definition) is 1. The SMILES string of the molecule is Cc1cccc(OCc2nnc3c(C(=O)O)cccn23)c1. The number of rotatable bonds is 4. The van der Waals surface area contributed by atoms with Crippen molar-refractivity contribution >= 4 is 11.6 Å². The molecule has 0 spiro atoms. The van der Waals surface area contributed by atoms with Gasteiger partial charge in [0.1, 0.15) is 17.9 Å². The molecule has 2 aromatic heterocycles. The number of hydrogen-bond acceptors (Lipinski definition) is 4. The molecule has 106 valence electrons. The highest BCUT2D eigenvalue weighted by Crippen LogP contribution is 2.15. The summed E-state index contributed by atoms with van der Waals surface area (Å²) < 4.78 is 7.29. The fraction of sp³-hybridized carbons (Fsp3) is 0.133. The molecule has 0 radical (unpaired) electrons. The van der Waals surface area contributed by atoms with Gasteiger partial charge in [-0.05, 0) is 36.8 Å². The maximum absolute atomic E-state index is 11.1. The predicted octanol–water partition coefficient (Wildman–Crippen LogP) is 2.31. The normalized spacial score (nSPS) is 10.7. The first-order chi connectivity index (χ1) is 10.1. The molecule has 2 heterocycles. The van der Waals surface area contributed by atoms with Crippen molar-refractivity contribution in [3.63, 3.8) is 0 Å². The minimum Gasteiger partial charge on any atom is -0.486 e. The zero-order chi connectivity index (χ0) is 14.8. The van der Waals surface area contributed by atoms with E-state index in [2.05, 4.69) is 10.2 Å². The molecule has 0 amide bonds. The highest BCUT2D eigenvalue weighted by atomic mass is 16.5. The minimum atomic E-state index is -1.03. The summed E-state index contributed by atoms with van der Waals surface area (Å²) in [5.74, 6) is 0.259. The van der Waals surface area contributed by atoms with Crippen LogP contribution in [0.2, 0.25) is 0 Å². The van der Waals surface area contributed by atoms with Gasteiger partial charge in [-0.3, -0.25) is 4.40 Å². The number of carbonyl (C=O) groups is 1. The quantitative estimate of drug-likeness (QED) is 0.795. The van der Waals surface area contributed by atoms with Crippen LogP contribution >= 0.6 is 0 Å². The summed E-state index contributed by atoms with van der Waals surface area (Å²) in [6.07, 6.45) is 1.72. The summed E-state index contributed by atoms with van der Waals surface area (Å²) in [6.45, 7) is 2.20. The largest absolute Gasteiger partial charge is 0.486 e. The maximum Gasteiger partial charge on any atom is 0.339 e. The molecule has 3 rings (SSSR count). The standard InChI is InChI=1S/C15H13N3O3/c1-10-4-2-5-11(8-10)21-9-13-16-17-14-12(15(19)20)6-3-7-18(13)14/h2-8H,9H2,1H3,(H,19,20). The highest BCUT2D eigenvalue weighted by molar-refractivity contribution is 5.94. The molecular weight excluding hydrogens is 270 g/mol. The molecule has 0 bridgehead atoms. The first-order valence-electron chi connectivity index (χ1n) is 6.40. The lowest BCUT2D eigenvalue weighted by atomic mass is 10.2. The molecule has 0 aliphatic carbocycles. The van der Waals surface area contributed by atoms with Crippen LogP contribution in [0.25, 0.3) is 5.65 Å². The van der Waals surface area contributed by atoms with Crippen LogP contribution in [0.5, 0.6) is 5.75 Å². The molecule has 0 saturated heterocycles. The van der Waals surface area contributed by atoms with Crippen molar-refractivity contribution in [3.05, 3.63) is 59.5 Å². The predicted molar refractivity (Wildman–Crippen MR) is 75.5 cm³/mol. The molecule has 0 aliphatic heterocycles. The summed E-state index contributed by atoms with van der Waals surface area (Å²) in [5, 5.41) is 17.0. The van der Waals surface area contributed by atoms with Crippen LogP contribution in [0.4, 0.5) is 0 Å². The van der Waals surface area contributed by atoms with Crippen molar-refractivity contribution in [1.29, 1.82) is 0 Å². The van der Waals surface area contributed by atoms with E-state index >= 15 is 0 Å². The van der Waals surface area contributed by atoms with Gasteiger partial charge < -0.3 is 9.84 Å². The number of pyridine rings is 1. The Balaban J connectivity index is 1.88. The van der Waals surface area contributed by atoms with E-state index in [4.69, 9.17) is 9.84 Å². The summed E-state index contributed by atoms with van der Waals surface area (Å²) in [4.78, 5) is 11.1. The Morgan fingerprint density at radius 2 is 2.14 bits per heavy atom. The van der Waals surface area contributed by atoms with E-state index in [9.17, 15) is 4.79 Å². The van der Waals surface area contributed by atoms with E-state index < -0.39 is 5.97 Å². The van der Waals surface area contributed by atoms with Crippen molar-refractivity contribution in [2.24, 2.45) is 0 Å². The lowest BCUT2D eigenvalue weighted by Gasteiger charge is -2.06. The lowest BCUT2D eigenvalue weighted by Crippen LogP contribution is -2.04. The molecule has 21 heavy (non-hydrogen) atoms. The third kappa shape index (κ3) is 2.55. The molecule has 1 N–H and O–H groups in total. The van der Waals surface area contributed by atoms with Gasteiger partial charge in [-0.15, -0.1) is 10.2 Å². The van der Waals surface area contributed by atoms with Gasteiger partial charge in [-0.25, -0.2) is 4.79 Å². The van der Waals surface area contributed by atoms with Crippen molar-refractivity contribution in [1.82, 2.24) is 14.6 Å². The lowest BCUT2D eigenvalue weighted by molar-refractivity contribution is 0.0698. The average molecular weight is 283 g/mol. The zero-order valence-corrected chi connectivity index (χ0v) is 11.4. The second-order valence-electron chi connectivity index (χ2n) is 4.64. The van der Waals surface area contributed by atoms with Crippen LogP contribution in [-0.2, 0) is 6.61 Å².